The second-order valence-corrected chi connectivity index (χ2v) is 4.78. The minimum Gasteiger partial charge on any atom is -0.378 e. The van der Waals surface area contributed by atoms with E-state index < -0.39 is 0 Å². The predicted octanol–water partition coefficient (Wildman–Crippen LogP) is 0.975. The molecule has 2 aliphatic heterocycles. The van der Waals surface area contributed by atoms with E-state index in [1.165, 1.54) is 6.42 Å². The van der Waals surface area contributed by atoms with Crippen LogP contribution in [0.2, 0.25) is 0 Å². The Hall–Kier alpha value is -0.120. The van der Waals surface area contributed by atoms with E-state index in [0.717, 1.165) is 26.1 Å². The van der Waals surface area contributed by atoms with E-state index in [2.05, 4.69) is 18.7 Å². The van der Waals surface area contributed by atoms with Crippen LogP contribution in [0.25, 0.3) is 0 Å². The van der Waals surface area contributed by atoms with Gasteiger partial charge >= 0.3 is 0 Å². The number of hydrogen-bond acceptors (Lipinski definition) is 3. The van der Waals surface area contributed by atoms with Crippen LogP contribution in [0.5, 0.6) is 0 Å². The van der Waals surface area contributed by atoms with Gasteiger partial charge in [-0.1, -0.05) is 6.92 Å². The van der Waals surface area contributed by atoms with Gasteiger partial charge in [-0.2, -0.15) is 0 Å². The lowest BCUT2D eigenvalue weighted by molar-refractivity contribution is -0.0949. The van der Waals surface area contributed by atoms with E-state index in [1.54, 1.807) is 0 Å². The molecule has 0 spiro atoms. The minimum absolute atomic E-state index is 0.397. The monoisotopic (exact) mass is 198 g/mol. The van der Waals surface area contributed by atoms with Crippen molar-refractivity contribution in [3.8, 4) is 0 Å². The molecule has 0 aromatic rings. The fourth-order valence-corrected chi connectivity index (χ4v) is 2.92. The number of rotatable bonds is 2. The lowest BCUT2D eigenvalue weighted by Gasteiger charge is -2.50. The Morgan fingerprint density at radius 1 is 1.36 bits per heavy atom. The van der Waals surface area contributed by atoms with Crippen molar-refractivity contribution in [3.05, 3.63) is 0 Å². The Kier molecular flexibility index (Phi) is 3.10. The maximum absolute atomic E-state index is 6.05. The van der Waals surface area contributed by atoms with Crippen LogP contribution in [0.3, 0.4) is 0 Å². The van der Waals surface area contributed by atoms with E-state index in [-0.39, 0.29) is 0 Å². The zero-order valence-electron chi connectivity index (χ0n) is 9.28. The number of hydrogen-bond donors (Lipinski definition) is 1. The first-order chi connectivity index (χ1) is 6.72. The van der Waals surface area contributed by atoms with Gasteiger partial charge in [0.2, 0.25) is 0 Å². The van der Waals surface area contributed by atoms with Crippen molar-refractivity contribution < 1.29 is 4.74 Å². The number of nitrogens with zero attached hydrogens (tertiary/aromatic N) is 1. The predicted molar refractivity (Wildman–Crippen MR) is 57.2 cm³/mol. The largest absolute Gasteiger partial charge is 0.378 e. The maximum Gasteiger partial charge on any atom is 0.0623 e. The fourth-order valence-electron chi connectivity index (χ4n) is 2.92. The van der Waals surface area contributed by atoms with Crippen molar-refractivity contribution in [2.24, 2.45) is 5.73 Å². The van der Waals surface area contributed by atoms with Crippen LogP contribution >= 0.6 is 0 Å². The fraction of sp³-hybridized carbons (Fsp3) is 1.00. The molecule has 82 valence electrons. The van der Waals surface area contributed by atoms with Gasteiger partial charge in [0.1, 0.15) is 0 Å². The molecular weight excluding hydrogens is 176 g/mol. The standard InChI is InChI=1S/C11H22N2O/c1-3-8(2)13-10-4-9(12)5-11(13)7-14-6-10/h8-11H,3-7,12H2,1-2H3. The molecule has 0 aromatic carbocycles. The van der Waals surface area contributed by atoms with Crippen molar-refractivity contribution in [1.29, 1.82) is 0 Å². The lowest BCUT2D eigenvalue weighted by Crippen LogP contribution is -2.61. The van der Waals surface area contributed by atoms with E-state index in [0.29, 0.717) is 24.2 Å². The molecular formula is C11H22N2O. The summed E-state index contributed by atoms with van der Waals surface area (Å²) in [7, 11) is 0. The quantitative estimate of drug-likeness (QED) is 0.718. The molecule has 0 amide bonds. The molecule has 2 saturated heterocycles. The van der Waals surface area contributed by atoms with Crippen molar-refractivity contribution >= 4 is 0 Å². The lowest BCUT2D eigenvalue weighted by atomic mass is 9.89. The summed E-state index contributed by atoms with van der Waals surface area (Å²) in [5, 5.41) is 0. The number of fused-ring (bicyclic) bond motifs is 2. The Balaban J connectivity index is 2.08. The molecule has 3 heteroatoms. The maximum atomic E-state index is 6.05. The molecule has 0 aliphatic carbocycles. The van der Waals surface area contributed by atoms with Crippen molar-refractivity contribution in [2.75, 3.05) is 13.2 Å². The topological polar surface area (TPSA) is 38.5 Å². The zero-order valence-corrected chi connectivity index (χ0v) is 9.28. The summed E-state index contributed by atoms with van der Waals surface area (Å²) < 4.78 is 5.61. The first kappa shape index (κ1) is 10.4. The van der Waals surface area contributed by atoms with Gasteiger partial charge < -0.3 is 10.5 Å². The molecule has 0 aromatic heterocycles. The van der Waals surface area contributed by atoms with Crippen LogP contribution in [0.15, 0.2) is 0 Å². The Labute approximate surface area is 86.6 Å². The van der Waals surface area contributed by atoms with Gasteiger partial charge in [0.05, 0.1) is 13.2 Å². The number of piperidine rings is 1. The van der Waals surface area contributed by atoms with Crippen LogP contribution < -0.4 is 5.73 Å². The summed E-state index contributed by atoms with van der Waals surface area (Å²) in [5.74, 6) is 0. The summed E-state index contributed by atoms with van der Waals surface area (Å²) in [6.45, 7) is 6.35. The normalized spacial score (nSPS) is 40.9. The Morgan fingerprint density at radius 2 is 1.93 bits per heavy atom. The smallest absolute Gasteiger partial charge is 0.0623 e. The van der Waals surface area contributed by atoms with Crippen LogP contribution in [0.4, 0.5) is 0 Å². The summed E-state index contributed by atoms with van der Waals surface area (Å²) in [5.41, 5.74) is 6.05. The third-order valence-electron chi connectivity index (χ3n) is 3.71. The minimum atomic E-state index is 0.397. The van der Waals surface area contributed by atoms with Crippen molar-refractivity contribution in [2.45, 2.75) is 57.3 Å². The molecule has 3 nitrogen and oxygen atoms in total. The highest BCUT2D eigenvalue weighted by Gasteiger charge is 2.39. The molecule has 2 aliphatic rings. The molecule has 0 saturated carbocycles. The Bertz CT molecular complexity index is 184. The van der Waals surface area contributed by atoms with Crippen LogP contribution in [-0.2, 0) is 4.74 Å². The van der Waals surface area contributed by atoms with Crippen LogP contribution in [0.1, 0.15) is 33.1 Å². The second kappa shape index (κ2) is 4.17. The Morgan fingerprint density at radius 3 is 2.43 bits per heavy atom. The van der Waals surface area contributed by atoms with E-state index in [1.807, 2.05) is 0 Å². The summed E-state index contributed by atoms with van der Waals surface area (Å²) in [6.07, 6.45) is 3.45. The summed E-state index contributed by atoms with van der Waals surface area (Å²) in [6, 6.07) is 2.23. The molecule has 3 unspecified atom stereocenters. The van der Waals surface area contributed by atoms with Crippen LogP contribution in [0, 0.1) is 0 Å². The summed E-state index contributed by atoms with van der Waals surface area (Å²) in [4.78, 5) is 2.65. The molecule has 2 heterocycles. The van der Waals surface area contributed by atoms with Crippen LogP contribution in [-0.4, -0.2) is 42.3 Å². The van der Waals surface area contributed by atoms with Gasteiger partial charge in [-0.05, 0) is 26.2 Å². The molecule has 2 bridgehead atoms. The highest BCUT2D eigenvalue weighted by Crippen LogP contribution is 2.29. The first-order valence-corrected chi connectivity index (χ1v) is 5.83. The highest BCUT2D eigenvalue weighted by molar-refractivity contribution is 4.94. The van der Waals surface area contributed by atoms with Gasteiger partial charge in [0.25, 0.3) is 0 Å². The van der Waals surface area contributed by atoms with Gasteiger partial charge in [0, 0.05) is 24.2 Å². The SMILES string of the molecule is CCC(C)N1C2COCC1CC(N)C2. The molecule has 0 radical (unpaired) electrons. The van der Waals surface area contributed by atoms with E-state index in [9.17, 15) is 0 Å². The zero-order chi connectivity index (χ0) is 10.1. The molecule has 3 atom stereocenters. The number of ether oxygens (including phenoxy) is 1. The number of morpholine rings is 1. The highest BCUT2D eigenvalue weighted by atomic mass is 16.5. The first-order valence-electron chi connectivity index (χ1n) is 5.83. The van der Waals surface area contributed by atoms with Gasteiger partial charge in [-0.3, -0.25) is 4.90 Å². The molecule has 2 rings (SSSR count). The third kappa shape index (κ3) is 1.81. The van der Waals surface area contributed by atoms with E-state index in [4.69, 9.17) is 10.5 Å². The van der Waals surface area contributed by atoms with E-state index >= 15 is 0 Å². The molecule has 2 fully saturated rings. The summed E-state index contributed by atoms with van der Waals surface area (Å²) >= 11 is 0. The third-order valence-corrected chi connectivity index (χ3v) is 3.71. The molecule has 2 N–H and O–H groups in total. The van der Waals surface area contributed by atoms with Crippen molar-refractivity contribution in [3.63, 3.8) is 0 Å². The van der Waals surface area contributed by atoms with Gasteiger partial charge in [-0.15, -0.1) is 0 Å². The van der Waals surface area contributed by atoms with Gasteiger partial charge in [0.15, 0.2) is 0 Å². The average Bonchev–Trinajstić information content (AvgIpc) is 2.15. The van der Waals surface area contributed by atoms with Crippen molar-refractivity contribution in [1.82, 2.24) is 4.90 Å². The molecule has 14 heavy (non-hydrogen) atoms. The average molecular weight is 198 g/mol. The second-order valence-electron chi connectivity index (χ2n) is 4.78. The van der Waals surface area contributed by atoms with Gasteiger partial charge in [-0.25, -0.2) is 0 Å². The number of nitrogens with two attached hydrogens (primary N) is 1.